The molecular weight excluding hydrogens is 302 g/mol. The fourth-order valence-electron chi connectivity index (χ4n) is 2.30. The minimum absolute atomic E-state index is 0.290. The summed E-state index contributed by atoms with van der Waals surface area (Å²) in [5.41, 5.74) is 3.07. The number of hydrogen-bond acceptors (Lipinski definition) is 4. The number of carbonyl (C=O) groups excluding carboxylic acids is 1. The van der Waals surface area contributed by atoms with E-state index >= 15 is 0 Å². The van der Waals surface area contributed by atoms with Crippen LogP contribution in [0.1, 0.15) is 30.0 Å². The van der Waals surface area contributed by atoms with Gasteiger partial charge in [-0.3, -0.25) is 0 Å². The maximum atomic E-state index is 12.0. The van der Waals surface area contributed by atoms with Crippen LogP contribution in [-0.2, 0) is 9.53 Å². The van der Waals surface area contributed by atoms with Gasteiger partial charge in [-0.2, -0.15) is 0 Å². The summed E-state index contributed by atoms with van der Waals surface area (Å²) in [5, 5.41) is 0. The quantitative estimate of drug-likeness (QED) is 0.614. The van der Waals surface area contributed by atoms with E-state index < -0.39 is 5.97 Å². The van der Waals surface area contributed by atoms with Crippen LogP contribution in [-0.4, -0.2) is 18.5 Å². The number of rotatable bonds is 5. The van der Waals surface area contributed by atoms with Crippen molar-refractivity contribution < 1.29 is 14.3 Å². The molecule has 0 aliphatic carbocycles. The molecule has 0 fully saturated rings. The molecule has 0 atom stereocenters. The highest BCUT2D eigenvalue weighted by molar-refractivity contribution is 6.12. The van der Waals surface area contributed by atoms with Crippen molar-refractivity contribution >= 4 is 17.9 Å². The van der Waals surface area contributed by atoms with Crippen LogP contribution in [0.3, 0.4) is 0 Å². The molecule has 2 aromatic rings. The summed E-state index contributed by atoms with van der Waals surface area (Å²) < 4.78 is 10.9. The van der Waals surface area contributed by atoms with Gasteiger partial charge in [0, 0.05) is 5.56 Å². The minimum atomic E-state index is -0.439. The average molecular weight is 321 g/mol. The van der Waals surface area contributed by atoms with Gasteiger partial charge in [-0.05, 0) is 49.2 Å². The zero-order valence-corrected chi connectivity index (χ0v) is 13.8. The number of aliphatic imine (C=N–C) groups is 1. The fourth-order valence-corrected chi connectivity index (χ4v) is 2.30. The Labute approximate surface area is 141 Å². The molecule has 1 aliphatic rings. The number of nitrogens with zero attached hydrogens (tertiary/aromatic N) is 1. The molecule has 0 spiro atoms. The molecule has 0 radical (unpaired) electrons. The summed E-state index contributed by atoms with van der Waals surface area (Å²) in [4.78, 5) is 16.4. The zero-order chi connectivity index (χ0) is 16.9. The van der Waals surface area contributed by atoms with Crippen molar-refractivity contribution in [2.45, 2.75) is 20.3 Å². The number of esters is 1. The lowest BCUT2D eigenvalue weighted by Crippen LogP contribution is -2.05. The number of ether oxygens (including phenoxy) is 2. The Kier molecular flexibility index (Phi) is 4.75. The Bertz CT molecular complexity index is 804. The van der Waals surface area contributed by atoms with Crippen LogP contribution in [0, 0.1) is 6.92 Å². The summed E-state index contributed by atoms with van der Waals surface area (Å²) in [6.07, 6.45) is 2.66. The van der Waals surface area contributed by atoms with Gasteiger partial charge in [-0.1, -0.05) is 36.8 Å². The second-order valence-corrected chi connectivity index (χ2v) is 5.62. The third kappa shape index (κ3) is 3.71. The molecule has 24 heavy (non-hydrogen) atoms. The molecule has 4 nitrogen and oxygen atoms in total. The smallest absolute Gasteiger partial charge is 0.363 e. The van der Waals surface area contributed by atoms with E-state index in [2.05, 4.69) is 11.9 Å². The monoisotopic (exact) mass is 321 g/mol. The second kappa shape index (κ2) is 7.13. The van der Waals surface area contributed by atoms with Crippen molar-refractivity contribution in [1.82, 2.24) is 0 Å². The van der Waals surface area contributed by atoms with Crippen LogP contribution in [0.5, 0.6) is 5.75 Å². The van der Waals surface area contributed by atoms with E-state index in [1.807, 2.05) is 55.5 Å². The van der Waals surface area contributed by atoms with Gasteiger partial charge in [0.05, 0.1) is 6.61 Å². The molecule has 0 bridgehead atoms. The Morgan fingerprint density at radius 2 is 1.96 bits per heavy atom. The van der Waals surface area contributed by atoms with Crippen molar-refractivity contribution in [3.63, 3.8) is 0 Å². The fraction of sp³-hybridized carbons (Fsp3) is 0.200. The van der Waals surface area contributed by atoms with Crippen LogP contribution in [0.15, 0.2) is 59.2 Å². The Hall–Kier alpha value is -2.88. The number of hydrogen-bond donors (Lipinski definition) is 0. The van der Waals surface area contributed by atoms with Crippen LogP contribution in [0.2, 0.25) is 0 Å². The van der Waals surface area contributed by atoms with E-state index in [-0.39, 0.29) is 0 Å². The predicted molar refractivity (Wildman–Crippen MR) is 94.0 cm³/mol. The first-order valence-electron chi connectivity index (χ1n) is 7.98. The molecule has 1 heterocycles. The minimum Gasteiger partial charge on any atom is -0.494 e. The first-order chi connectivity index (χ1) is 11.7. The number of carbonyl (C=O) groups is 1. The molecule has 1 aliphatic heterocycles. The molecule has 2 aromatic carbocycles. The summed E-state index contributed by atoms with van der Waals surface area (Å²) >= 11 is 0. The lowest BCUT2D eigenvalue weighted by Gasteiger charge is -2.04. The van der Waals surface area contributed by atoms with E-state index in [9.17, 15) is 4.79 Å². The highest BCUT2D eigenvalue weighted by atomic mass is 16.6. The zero-order valence-electron chi connectivity index (χ0n) is 13.8. The van der Waals surface area contributed by atoms with Crippen molar-refractivity contribution in [3.8, 4) is 5.75 Å². The third-order valence-corrected chi connectivity index (χ3v) is 3.55. The Morgan fingerprint density at radius 1 is 1.17 bits per heavy atom. The number of aryl methyl sites for hydroxylation is 1. The molecule has 0 N–H and O–H groups in total. The lowest BCUT2D eigenvalue weighted by atomic mass is 10.1. The summed E-state index contributed by atoms with van der Waals surface area (Å²) in [6.45, 7) is 4.73. The summed E-state index contributed by atoms with van der Waals surface area (Å²) in [6, 6.07) is 15.3. The molecular formula is C20H19NO3. The molecule has 0 saturated heterocycles. The van der Waals surface area contributed by atoms with E-state index in [1.165, 1.54) is 0 Å². The predicted octanol–water partition coefficient (Wildman–Crippen LogP) is 4.13. The maximum absolute atomic E-state index is 12.0. The Balaban J connectivity index is 1.84. The van der Waals surface area contributed by atoms with Gasteiger partial charge >= 0.3 is 5.97 Å². The molecule has 0 amide bonds. The topological polar surface area (TPSA) is 47.9 Å². The number of benzene rings is 2. The van der Waals surface area contributed by atoms with Crippen molar-refractivity contribution in [2.24, 2.45) is 4.99 Å². The van der Waals surface area contributed by atoms with Gasteiger partial charge in [-0.15, -0.1) is 0 Å². The van der Waals surface area contributed by atoms with Crippen LogP contribution >= 0.6 is 0 Å². The summed E-state index contributed by atoms with van der Waals surface area (Å²) in [5.74, 6) is 0.676. The Morgan fingerprint density at radius 3 is 2.71 bits per heavy atom. The normalized spacial score (nSPS) is 15.3. The van der Waals surface area contributed by atoms with E-state index in [0.717, 1.165) is 28.9 Å². The first-order valence-corrected chi connectivity index (χ1v) is 7.98. The van der Waals surface area contributed by atoms with Crippen LogP contribution < -0.4 is 4.74 Å². The molecule has 3 rings (SSSR count). The van der Waals surface area contributed by atoms with Crippen LogP contribution in [0.25, 0.3) is 6.08 Å². The van der Waals surface area contributed by atoms with Crippen molar-refractivity contribution in [1.29, 1.82) is 0 Å². The molecule has 122 valence electrons. The van der Waals surface area contributed by atoms with Crippen LogP contribution in [0.4, 0.5) is 0 Å². The second-order valence-electron chi connectivity index (χ2n) is 5.62. The van der Waals surface area contributed by atoms with Gasteiger partial charge in [-0.25, -0.2) is 9.79 Å². The largest absolute Gasteiger partial charge is 0.494 e. The first kappa shape index (κ1) is 16.0. The molecule has 0 aromatic heterocycles. The molecule has 4 heteroatoms. The highest BCUT2D eigenvalue weighted by Gasteiger charge is 2.24. The third-order valence-electron chi connectivity index (χ3n) is 3.55. The van der Waals surface area contributed by atoms with Crippen molar-refractivity contribution in [3.05, 3.63) is 70.9 Å². The average Bonchev–Trinajstić information content (AvgIpc) is 2.95. The molecule has 0 saturated carbocycles. The van der Waals surface area contributed by atoms with Gasteiger partial charge in [0.1, 0.15) is 5.75 Å². The van der Waals surface area contributed by atoms with E-state index in [4.69, 9.17) is 9.47 Å². The lowest BCUT2D eigenvalue weighted by molar-refractivity contribution is -0.129. The van der Waals surface area contributed by atoms with Gasteiger partial charge in [0.2, 0.25) is 5.90 Å². The van der Waals surface area contributed by atoms with Gasteiger partial charge in [0.15, 0.2) is 5.70 Å². The number of cyclic esters (lactones) is 1. The SMILES string of the molecule is CCCOc1cccc(/C=C2\N=C(c3ccc(C)cc3)OC2=O)c1. The van der Waals surface area contributed by atoms with E-state index in [0.29, 0.717) is 18.2 Å². The highest BCUT2D eigenvalue weighted by Crippen LogP contribution is 2.21. The maximum Gasteiger partial charge on any atom is 0.363 e. The van der Waals surface area contributed by atoms with Gasteiger partial charge < -0.3 is 9.47 Å². The standard InChI is InChI=1S/C20H19NO3/c1-3-11-23-17-6-4-5-15(12-17)13-18-20(22)24-19(21-18)16-9-7-14(2)8-10-16/h4-10,12-13H,3,11H2,1-2H3/b18-13-. The van der Waals surface area contributed by atoms with Crippen molar-refractivity contribution in [2.75, 3.05) is 6.61 Å². The van der Waals surface area contributed by atoms with E-state index in [1.54, 1.807) is 6.08 Å². The summed E-state index contributed by atoms with van der Waals surface area (Å²) in [7, 11) is 0. The molecule has 0 unspecified atom stereocenters. The van der Waals surface area contributed by atoms with Gasteiger partial charge in [0.25, 0.3) is 0 Å².